The minimum Gasteiger partial charge on any atom is -0.388 e. The van der Waals surface area contributed by atoms with Crippen LogP contribution in [0.1, 0.15) is 39.0 Å². The molecule has 1 atom stereocenters. The zero-order valence-electron chi connectivity index (χ0n) is 21.8. The lowest BCUT2D eigenvalue weighted by Crippen LogP contribution is -2.50. The van der Waals surface area contributed by atoms with Crippen LogP contribution in [0, 0.1) is 11.7 Å². The fourth-order valence-corrected chi connectivity index (χ4v) is 5.64. The zero-order valence-corrected chi connectivity index (χ0v) is 21.8. The van der Waals surface area contributed by atoms with Gasteiger partial charge in [-0.15, -0.1) is 0 Å². The van der Waals surface area contributed by atoms with Gasteiger partial charge in [-0.3, -0.25) is 14.2 Å². The Bertz CT molecular complexity index is 1440. The first-order valence-corrected chi connectivity index (χ1v) is 13.2. The molecule has 0 spiro atoms. The number of piperidine rings is 1. The van der Waals surface area contributed by atoms with Gasteiger partial charge in [-0.1, -0.05) is 0 Å². The van der Waals surface area contributed by atoms with Gasteiger partial charge in [0.1, 0.15) is 17.5 Å². The van der Waals surface area contributed by atoms with E-state index in [1.807, 2.05) is 16.7 Å². The highest BCUT2D eigenvalue weighted by Crippen LogP contribution is 2.34. The molecule has 0 unspecified atom stereocenters. The van der Waals surface area contributed by atoms with Crippen molar-refractivity contribution in [2.45, 2.75) is 56.8 Å². The highest BCUT2D eigenvalue weighted by molar-refractivity contribution is 5.81. The number of nitrogens with zero attached hydrogens (tertiary/aromatic N) is 6. The second-order valence-electron chi connectivity index (χ2n) is 11.3. The summed E-state index contributed by atoms with van der Waals surface area (Å²) in [6.07, 6.45) is 6.41. The third-order valence-electron chi connectivity index (χ3n) is 8.40. The maximum Gasteiger partial charge on any atom is 0.264 e. The van der Waals surface area contributed by atoms with Crippen molar-refractivity contribution in [3.63, 3.8) is 0 Å². The van der Waals surface area contributed by atoms with Gasteiger partial charge in [0.2, 0.25) is 5.91 Å². The van der Waals surface area contributed by atoms with Gasteiger partial charge in [-0.25, -0.2) is 14.1 Å². The Kier molecular flexibility index (Phi) is 6.03. The number of anilines is 1. The Morgan fingerprint density at radius 3 is 2.66 bits per heavy atom. The van der Waals surface area contributed by atoms with Gasteiger partial charge in [0.15, 0.2) is 5.65 Å². The number of carbonyl (C=O) groups excluding carboxylic acids is 1. The maximum atomic E-state index is 14.8. The predicted octanol–water partition coefficient (Wildman–Crippen LogP) is 2.10. The quantitative estimate of drug-likeness (QED) is 0.527. The maximum absolute atomic E-state index is 14.8. The topological polar surface area (TPSA) is 106 Å². The number of likely N-dealkylation sites (tertiary alicyclic amines) is 1. The van der Waals surface area contributed by atoms with Crippen LogP contribution >= 0.6 is 0 Å². The molecule has 3 fully saturated rings. The van der Waals surface area contributed by atoms with Crippen molar-refractivity contribution in [2.75, 3.05) is 38.2 Å². The lowest BCUT2D eigenvalue weighted by molar-refractivity contribution is -0.137. The number of methoxy groups -OCH3 is 1. The van der Waals surface area contributed by atoms with Crippen LogP contribution in [0.25, 0.3) is 16.7 Å². The van der Waals surface area contributed by atoms with E-state index < -0.39 is 5.60 Å². The van der Waals surface area contributed by atoms with Gasteiger partial charge < -0.3 is 19.6 Å². The molecule has 4 heterocycles. The highest BCUT2D eigenvalue weighted by Gasteiger charge is 2.39. The number of benzene rings is 1. The summed E-state index contributed by atoms with van der Waals surface area (Å²) < 4.78 is 23.3. The molecule has 1 aliphatic carbocycles. The Morgan fingerprint density at radius 1 is 1.21 bits per heavy atom. The van der Waals surface area contributed by atoms with E-state index in [2.05, 4.69) is 10.1 Å². The van der Waals surface area contributed by atoms with Crippen molar-refractivity contribution in [1.82, 2.24) is 24.2 Å². The van der Waals surface area contributed by atoms with Gasteiger partial charge in [-0.05, 0) is 57.2 Å². The van der Waals surface area contributed by atoms with Crippen molar-refractivity contribution < 1.29 is 19.0 Å². The third kappa shape index (κ3) is 4.47. The molecule has 0 radical (unpaired) electrons. The molecule has 2 saturated heterocycles. The summed E-state index contributed by atoms with van der Waals surface area (Å²) >= 11 is 0. The molecule has 2 aliphatic heterocycles. The van der Waals surface area contributed by atoms with Crippen LogP contribution in [-0.2, 0) is 16.1 Å². The normalized spacial score (nSPS) is 23.4. The Morgan fingerprint density at radius 2 is 1.97 bits per heavy atom. The first kappa shape index (κ1) is 25.0. The van der Waals surface area contributed by atoms with E-state index in [9.17, 15) is 19.1 Å². The molecule has 0 bridgehead atoms. The number of aromatic nitrogens is 4. The van der Waals surface area contributed by atoms with E-state index in [1.165, 1.54) is 27.8 Å². The molecule has 6 rings (SSSR count). The largest absolute Gasteiger partial charge is 0.388 e. The standard InChI is InChI=1S/C27H33FN6O4/c1-26(38-2)7-10-32(15-26)22-13-19(5-6-21(22)28)34-23-20(14-30-34)25(36)33(17-29-23)16-27(37)8-11-31(12-9-27)24(35)18-3-4-18/h5-6,13-14,17-18,37H,3-4,7-12,15-16H2,1-2H3/t26-/m1/s1. The van der Waals surface area contributed by atoms with E-state index in [-0.39, 0.29) is 35.3 Å². The Balaban J connectivity index is 1.23. The van der Waals surface area contributed by atoms with E-state index in [0.29, 0.717) is 61.4 Å². The van der Waals surface area contributed by atoms with Gasteiger partial charge in [0.05, 0.1) is 35.3 Å². The monoisotopic (exact) mass is 524 g/mol. The minimum absolute atomic E-state index is 0.0966. The fraction of sp³-hybridized carbons (Fsp3) is 0.556. The SMILES string of the molecule is CO[C@]1(C)CCN(c2cc(-n3ncc4c(=O)n(CC5(O)CCN(C(=O)C6CC6)CC5)cnc43)ccc2F)C1. The molecule has 38 heavy (non-hydrogen) atoms. The molecular weight excluding hydrogens is 491 g/mol. The molecule has 3 aliphatic rings. The smallest absolute Gasteiger partial charge is 0.264 e. The van der Waals surface area contributed by atoms with E-state index in [4.69, 9.17) is 4.74 Å². The summed E-state index contributed by atoms with van der Waals surface area (Å²) in [6.45, 7) is 4.33. The van der Waals surface area contributed by atoms with Crippen molar-refractivity contribution in [3.8, 4) is 5.69 Å². The number of fused-ring (bicyclic) bond motifs is 1. The van der Waals surface area contributed by atoms with Crippen LogP contribution in [0.4, 0.5) is 10.1 Å². The molecule has 1 saturated carbocycles. The van der Waals surface area contributed by atoms with Crippen molar-refractivity contribution in [1.29, 1.82) is 0 Å². The van der Waals surface area contributed by atoms with Gasteiger partial charge in [-0.2, -0.15) is 5.10 Å². The summed E-state index contributed by atoms with van der Waals surface area (Å²) in [5.41, 5.74) is -0.311. The van der Waals surface area contributed by atoms with Gasteiger partial charge in [0.25, 0.3) is 5.56 Å². The van der Waals surface area contributed by atoms with E-state index >= 15 is 0 Å². The number of hydrogen-bond acceptors (Lipinski definition) is 7. The predicted molar refractivity (Wildman–Crippen MR) is 139 cm³/mol. The van der Waals surface area contributed by atoms with Crippen molar-refractivity contribution in [3.05, 3.63) is 46.9 Å². The first-order valence-electron chi connectivity index (χ1n) is 13.2. The van der Waals surface area contributed by atoms with E-state index in [0.717, 1.165) is 19.3 Å². The number of rotatable bonds is 6. The molecule has 3 aromatic rings. The summed E-state index contributed by atoms with van der Waals surface area (Å²) in [4.78, 5) is 33.9. The van der Waals surface area contributed by atoms with E-state index in [1.54, 1.807) is 19.2 Å². The second kappa shape index (κ2) is 9.16. The average molecular weight is 525 g/mol. The number of amides is 1. The first-order chi connectivity index (χ1) is 18.2. The average Bonchev–Trinajstić information content (AvgIpc) is 3.55. The number of ether oxygens (including phenoxy) is 1. The van der Waals surface area contributed by atoms with Crippen LogP contribution in [0.5, 0.6) is 0 Å². The van der Waals surface area contributed by atoms with Gasteiger partial charge >= 0.3 is 0 Å². The van der Waals surface area contributed by atoms with Crippen LogP contribution in [-0.4, -0.2) is 79.7 Å². The lowest BCUT2D eigenvalue weighted by Gasteiger charge is -2.38. The fourth-order valence-electron chi connectivity index (χ4n) is 5.64. The number of halogens is 1. The summed E-state index contributed by atoms with van der Waals surface area (Å²) in [7, 11) is 1.67. The van der Waals surface area contributed by atoms with Crippen molar-refractivity contribution >= 4 is 22.6 Å². The second-order valence-corrected chi connectivity index (χ2v) is 11.3. The molecule has 2 aromatic heterocycles. The van der Waals surface area contributed by atoms with Crippen LogP contribution < -0.4 is 10.5 Å². The lowest BCUT2D eigenvalue weighted by atomic mass is 9.91. The molecule has 1 amide bonds. The molecule has 202 valence electrons. The number of aliphatic hydroxyl groups is 1. The number of hydrogen-bond donors (Lipinski definition) is 1. The van der Waals surface area contributed by atoms with Crippen LogP contribution in [0.2, 0.25) is 0 Å². The Hall–Kier alpha value is -3.31. The van der Waals surface area contributed by atoms with Gasteiger partial charge in [0, 0.05) is 39.2 Å². The molecule has 1 aromatic carbocycles. The highest BCUT2D eigenvalue weighted by atomic mass is 19.1. The Labute approximate surface area is 219 Å². The molecule has 10 nitrogen and oxygen atoms in total. The summed E-state index contributed by atoms with van der Waals surface area (Å²) in [6, 6.07) is 4.73. The summed E-state index contributed by atoms with van der Waals surface area (Å²) in [5, 5.41) is 15.9. The van der Waals surface area contributed by atoms with Crippen LogP contribution in [0.15, 0.2) is 35.5 Å². The zero-order chi connectivity index (χ0) is 26.7. The molecule has 1 N–H and O–H groups in total. The molecule has 11 heteroatoms. The van der Waals surface area contributed by atoms with Crippen molar-refractivity contribution in [2.24, 2.45) is 5.92 Å². The summed E-state index contributed by atoms with van der Waals surface area (Å²) in [5.74, 6) is 0.00478. The minimum atomic E-state index is -1.09. The number of carbonyl (C=O) groups is 1. The third-order valence-corrected chi connectivity index (χ3v) is 8.40. The van der Waals surface area contributed by atoms with Crippen LogP contribution in [0.3, 0.4) is 0 Å². The molecular formula is C27H33FN6O4.